The summed E-state index contributed by atoms with van der Waals surface area (Å²) >= 11 is 6.63. The van der Waals surface area contributed by atoms with Crippen LogP contribution in [-0.2, 0) is 20.7 Å². The van der Waals surface area contributed by atoms with Crippen LogP contribution in [0.4, 0.5) is 0 Å². The number of alkyl halides is 1. The SMILES string of the molecule is CCCCCCCCCCCCCCCCc1cccc(C(=O)OCCCCOC(=O)CCCC=CC[C@@H]2[C@@H](C=CC[C@H](O)C3(CC)CCC3)[C@H](O)C[C@H]2Cl)c1. The third kappa shape index (κ3) is 18.6. The van der Waals surface area contributed by atoms with E-state index in [-0.39, 0.29) is 40.7 Å². The Morgan fingerprint density at radius 3 is 2.11 bits per heavy atom. The van der Waals surface area contributed by atoms with E-state index in [9.17, 15) is 19.8 Å². The molecule has 2 saturated carbocycles. The molecular formula is C49H79ClO6. The lowest BCUT2D eigenvalue weighted by molar-refractivity contribution is -0.143. The van der Waals surface area contributed by atoms with Crippen molar-refractivity contribution in [3.05, 3.63) is 59.7 Å². The Morgan fingerprint density at radius 1 is 0.839 bits per heavy atom. The lowest BCUT2D eigenvalue weighted by Crippen LogP contribution is -2.40. The first kappa shape index (κ1) is 48.2. The molecule has 0 aliphatic heterocycles. The third-order valence-electron chi connectivity index (χ3n) is 12.7. The molecule has 56 heavy (non-hydrogen) atoms. The highest BCUT2D eigenvalue weighted by atomic mass is 35.5. The Kier molecular flexibility index (Phi) is 25.1. The Labute approximate surface area is 346 Å². The average molecular weight is 800 g/mol. The number of benzene rings is 1. The zero-order valence-electron chi connectivity index (χ0n) is 35.4. The molecule has 0 aromatic heterocycles. The predicted octanol–water partition coefficient (Wildman–Crippen LogP) is 12.8. The number of ether oxygens (including phenoxy) is 2. The van der Waals surface area contributed by atoms with E-state index in [0.29, 0.717) is 57.3 Å². The molecule has 0 spiro atoms. The van der Waals surface area contributed by atoms with E-state index >= 15 is 0 Å². The Balaban J connectivity index is 1.16. The molecule has 7 heteroatoms. The number of rotatable bonds is 32. The first-order valence-corrected chi connectivity index (χ1v) is 23.5. The van der Waals surface area contributed by atoms with Gasteiger partial charge in [0.2, 0.25) is 0 Å². The number of allylic oxidation sites excluding steroid dienone is 2. The zero-order chi connectivity index (χ0) is 40.3. The molecule has 318 valence electrons. The van der Waals surface area contributed by atoms with Gasteiger partial charge in [-0.05, 0) is 106 Å². The van der Waals surface area contributed by atoms with Crippen molar-refractivity contribution in [1.29, 1.82) is 0 Å². The molecule has 0 radical (unpaired) electrons. The van der Waals surface area contributed by atoms with E-state index in [2.05, 4.69) is 44.2 Å². The minimum atomic E-state index is -0.458. The maximum Gasteiger partial charge on any atom is 0.338 e. The van der Waals surface area contributed by atoms with Crippen molar-refractivity contribution in [2.24, 2.45) is 17.3 Å². The van der Waals surface area contributed by atoms with Gasteiger partial charge >= 0.3 is 11.9 Å². The molecule has 6 nitrogen and oxygen atoms in total. The summed E-state index contributed by atoms with van der Waals surface area (Å²) in [7, 11) is 0. The lowest BCUT2D eigenvalue weighted by Gasteiger charge is -2.45. The molecule has 5 atom stereocenters. The fourth-order valence-electron chi connectivity index (χ4n) is 8.66. The second-order valence-electron chi connectivity index (χ2n) is 17.0. The summed E-state index contributed by atoms with van der Waals surface area (Å²) in [5.74, 6) is -0.353. The van der Waals surface area contributed by atoms with E-state index in [1.165, 1.54) is 95.5 Å². The van der Waals surface area contributed by atoms with Crippen LogP contribution in [0.1, 0.15) is 197 Å². The molecule has 0 heterocycles. The van der Waals surface area contributed by atoms with E-state index in [1.54, 1.807) is 0 Å². The summed E-state index contributed by atoms with van der Waals surface area (Å²) in [6.45, 7) is 5.08. The molecule has 1 aromatic carbocycles. The van der Waals surface area contributed by atoms with Gasteiger partial charge in [0, 0.05) is 17.7 Å². The molecule has 2 aliphatic carbocycles. The van der Waals surface area contributed by atoms with Crippen molar-refractivity contribution in [1.82, 2.24) is 0 Å². The Bertz CT molecular complexity index is 1250. The number of carbonyl (C=O) groups is 2. The number of unbranched alkanes of at least 4 members (excludes halogenated alkanes) is 15. The molecule has 2 fully saturated rings. The van der Waals surface area contributed by atoms with Gasteiger partial charge in [-0.3, -0.25) is 4.79 Å². The smallest absolute Gasteiger partial charge is 0.338 e. The summed E-state index contributed by atoms with van der Waals surface area (Å²) in [6.07, 6.45) is 37.1. The van der Waals surface area contributed by atoms with Crippen LogP contribution in [0.3, 0.4) is 0 Å². The summed E-state index contributed by atoms with van der Waals surface area (Å²) < 4.78 is 10.9. The predicted molar refractivity (Wildman–Crippen MR) is 232 cm³/mol. The summed E-state index contributed by atoms with van der Waals surface area (Å²) in [5.41, 5.74) is 1.88. The van der Waals surface area contributed by atoms with Crippen LogP contribution in [0, 0.1) is 17.3 Å². The first-order chi connectivity index (χ1) is 27.3. The maximum atomic E-state index is 12.6. The number of hydrogen-bond donors (Lipinski definition) is 2. The van der Waals surface area contributed by atoms with Crippen LogP contribution in [0.25, 0.3) is 0 Å². The molecule has 3 rings (SSSR count). The highest BCUT2D eigenvalue weighted by Gasteiger charge is 2.42. The third-order valence-corrected chi connectivity index (χ3v) is 13.2. The second-order valence-corrected chi connectivity index (χ2v) is 17.6. The average Bonchev–Trinajstić information content (AvgIpc) is 3.44. The number of carbonyl (C=O) groups excluding carboxylic acids is 2. The number of halogens is 1. The van der Waals surface area contributed by atoms with Gasteiger partial charge in [0.1, 0.15) is 0 Å². The Morgan fingerprint density at radius 2 is 1.48 bits per heavy atom. The monoisotopic (exact) mass is 799 g/mol. The molecule has 0 saturated heterocycles. The van der Waals surface area contributed by atoms with Gasteiger partial charge < -0.3 is 19.7 Å². The van der Waals surface area contributed by atoms with Gasteiger partial charge in [-0.2, -0.15) is 0 Å². The molecule has 0 amide bonds. The van der Waals surface area contributed by atoms with Crippen molar-refractivity contribution < 1.29 is 29.3 Å². The molecule has 0 bridgehead atoms. The van der Waals surface area contributed by atoms with Gasteiger partial charge in [-0.1, -0.05) is 140 Å². The van der Waals surface area contributed by atoms with Gasteiger partial charge in [0.15, 0.2) is 0 Å². The van der Waals surface area contributed by atoms with E-state index in [4.69, 9.17) is 21.1 Å². The highest BCUT2D eigenvalue weighted by molar-refractivity contribution is 6.21. The van der Waals surface area contributed by atoms with Crippen LogP contribution < -0.4 is 0 Å². The zero-order valence-corrected chi connectivity index (χ0v) is 36.2. The molecular weight excluding hydrogens is 720 g/mol. The van der Waals surface area contributed by atoms with Crippen LogP contribution in [0.5, 0.6) is 0 Å². The number of aryl methyl sites for hydroxylation is 1. The Hall–Kier alpha value is -2.15. The normalized spacial score (nSPS) is 21.1. The van der Waals surface area contributed by atoms with Gasteiger partial charge in [0.05, 0.1) is 31.0 Å². The molecule has 1 aromatic rings. The van der Waals surface area contributed by atoms with Crippen LogP contribution >= 0.6 is 11.6 Å². The van der Waals surface area contributed by atoms with Crippen molar-refractivity contribution >= 4 is 23.5 Å². The maximum absolute atomic E-state index is 12.6. The number of esters is 2. The fraction of sp³-hybridized carbons (Fsp3) is 0.755. The standard InChI is InChI=1S/C49H79ClO6/c1-3-5-6-7-8-9-10-11-12-13-14-15-16-19-27-40-28-24-29-41(38-40)48(54)56-37-23-22-36-55-47(53)33-21-18-17-20-30-42-43(45(51)39-44(42)50)31-25-32-46(52)49(4-2)34-26-35-49/h17,20,24-25,28-29,31,38,42-46,51-52H,3-16,18-19,21-23,26-27,30,32-37,39H2,1-2H3/t42-,43-,44-,45-,46+/m1/s1. The van der Waals surface area contributed by atoms with Crippen LogP contribution in [0.15, 0.2) is 48.6 Å². The van der Waals surface area contributed by atoms with Crippen molar-refractivity contribution in [2.45, 2.75) is 205 Å². The molecule has 0 unspecified atom stereocenters. The molecule has 2 N–H and O–H groups in total. The van der Waals surface area contributed by atoms with E-state index < -0.39 is 6.10 Å². The lowest BCUT2D eigenvalue weighted by atomic mass is 9.63. The minimum Gasteiger partial charge on any atom is -0.466 e. The van der Waals surface area contributed by atoms with Crippen molar-refractivity contribution in [3.63, 3.8) is 0 Å². The fourth-order valence-corrected chi connectivity index (χ4v) is 9.11. The number of aliphatic hydroxyl groups excluding tert-OH is 2. The first-order valence-electron chi connectivity index (χ1n) is 23.0. The quantitative estimate of drug-likeness (QED) is 0.0326. The number of aliphatic hydroxyl groups is 2. The highest BCUT2D eigenvalue weighted by Crippen LogP contribution is 2.48. The van der Waals surface area contributed by atoms with E-state index in [1.807, 2.05) is 18.2 Å². The number of hydrogen-bond acceptors (Lipinski definition) is 6. The minimum absolute atomic E-state index is 0.00782. The van der Waals surface area contributed by atoms with Gasteiger partial charge in [0.25, 0.3) is 0 Å². The van der Waals surface area contributed by atoms with Crippen molar-refractivity contribution in [2.75, 3.05) is 13.2 Å². The second kappa shape index (κ2) is 29.1. The van der Waals surface area contributed by atoms with E-state index in [0.717, 1.165) is 44.9 Å². The van der Waals surface area contributed by atoms with Crippen LogP contribution in [-0.4, -0.2) is 53.0 Å². The van der Waals surface area contributed by atoms with Gasteiger partial charge in [-0.25, -0.2) is 4.79 Å². The van der Waals surface area contributed by atoms with Crippen molar-refractivity contribution in [3.8, 4) is 0 Å². The van der Waals surface area contributed by atoms with Gasteiger partial charge in [-0.15, -0.1) is 11.6 Å². The molecule has 2 aliphatic rings. The summed E-state index contributed by atoms with van der Waals surface area (Å²) in [5, 5.41) is 21.3. The summed E-state index contributed by atoms with van der Waals surface area (Å²) in [6, 6.07) is 7.83. The summed E-state index contributed by atoms with van der Waals surface area (Å²) in [4.78, 5) is 24.9. The van der Waals surface area contributed by atoms with Crippen LogP contribution in [0.2, 0.25) is 0 Å². The largest absolute Gasteiger partial charge is 0.466 e. The topological polar surface area (TPSA) is 93.1 Å².